The van der Waals surface area contributed by atoms with Crippen LogP contribution in [0.2, 0.25) is 0 Å². The Labute approximate surface area is 124 Å². The fourth-order valence-corrected chi connectivity index (χ4v) is 2.32. The molecule has 0 saturated heterocycles. The lowest BCUT2D eigenvalue weighted by atomic mass is 10.1. The largest absolute Gasteiger partial charge is 0.508 e. The second kappa shape index (κ2) is 7.39. The zero-order valence-electron chi connectivity index (χ0n) is 12.1. The first-order chi connectivity index (χ1) is 9.72. The van der Waals surface area contributed by atoms with E-state index >= 15 is 0 Å². The van der Waals surface area contributed by atoms with Crippen molar-refractivity contribution < 1.29 is 18.3 Å². The van der Waals surface area contributed by atoms with E-state index in [1.165, 1.54) is 26.2 Å². The molecule has 1 amide bonds. The SMILES string of the molecule is CN(C)S(=O)(=O)CCNC(=O)[C@H](N)Cc1ccc(O)cc1. The van der Waals surface area contributed by atoms with E-state index < -0.39 is 22.0 Å². The fourth-order valence-electron chi connectivity index (χ4n) is 1.60. The van der Waals surface area contributed by atoms with Crippen LogP contribution in [0.4, 0.5) is 0 Å². The van der Waals surface area contributed by atoms with Crippen molar-refractivity contribution in [1.82, 2.24) is 9.62 Å². The predicted molar refractivity (Wildman–Crippen MR) is 80.3 cm³/mol. The summed E-state index contributed by atoms with van der Waals surface area (Å²) in [4.78, 5) is 11.8. The topological polar surface area (TPSA) is 113 Å². The molecule has 1 rings (SSSR count). The lowest BCUT2D eigenvalue weighted by Gasteiger charge is -2.14. The smallest absolute Gasteiger partial charge is 0.237 e. The Balaban J connectivity index is 2.43. The number of nitrogens with two attached hydrogens (primary N) is 1. The van der Waals surface area contributed by atoms with Gasteiger partial charge in [0.2, 0.25) is 15.9 Å². The van der Waals surface area contributed by atoms with Crippen molar-refractivity contribution in [2.75, 3.05) is 26.4 Å². The number of hydrogen-bond donors (Lipinski definition) is 3. The van der Waals surface area contributed by atoms with Gasteiger partial charge in [-0.25, -0.2) is 12.7 Å². The summed E-state index contributed by atoms with van der Waals surface area (Å²) in [5.74, 6) is -0.430. The molecule has 0 unspecified atom stereocenters. The first-order valence-electron chi connectivity index (χ1n) is 6.44. The van der Waals surface area contributed by atoms with Gasteiger partial charge in [0, 0.05) is 20.6 Å². The second-order valence-corrected chi connectivity index (χ2v) is 7.17. The highest BCUT2D eigenvalue weighted by Gasteiger charge is 2.17. The van der Waals surface area contributed by atoms with Crippen LogP contribution in [0, 0.1) is 0 Å². The van der Waals surface area contributed by atoms with E-state index in [4.69, 9.17) is 10.8 Å². The Bertz CT molecular complexity index is 570. The van der Waals surface area contributed by atoms with E-state index in [0.29, 0.717) is 6.42 Å². The van der Waals surface area contributed by atoms with E-state index in [1.54, 1.807) is 12.1 Å². The summed E-state index contributed by atoms with van der Waals surface area (Å²) in [6.07, 6.45) is 0.312. The number of aromatic hydroxyl groups is 1. The van der Waals surface area contributed by atoms with Crippen molar-refractivity contribution >= 4 is 15.9 Å². The average molecular weight is 315 g/mol. The van der Waals surface area contributed by atoms with Crippen LogP contribution in [0.1, 0.15) is 5.56 Å². The van der Waals surface area contributed by atoms with E-state index in [1.807, 2.05) is 0 Å². The van der Waals surface area contributed by atoms with E-state index in [-0.39, 0.29) is 18.0 Å². The molecule has 8 heteroatoms. The van der Waals surface area contributed by atoms with Gasteiger partial charge in [-0.05, 0) is 24.1 Å². The van der Waals surface area contributed by atoms with E-state index in [9.17, 15) is 13.2 Å². The van der Waals surface area contributed by atoms with Crippen molar-refractivity contribution in [2.24, 2.45) is 5.73 Å². The monoisotopic (exact) mass is 315 g/mol. The Morgan fingerprint density at radius 1 is 1.33 bits per heavy atom. The molecule has 0 aliphatic heterocycles. The number of carbonyl (C=O) groups is 1. The van der Waals surface area contributed by atoms with Crippen LogP contribution in [0.5, 0.6) is 5.75 Å². The Morgan fingerprint density at radius 3 is 2.43 bits per heavy atom. The molecule has 7 nitrogen and oxygen atoms in total. The molecule has 0 saturated carbocycles. The highest BCUT2D eigenvalue weighted by atomic mass is 32.2. The minimum atomic E-state index is -3.33. The molecule has 0 aliphatic rings. The number of rotatable bonds is 7. The number of carbonyl (C=O) groups excluding carboxylic acids is 1. The molecular weight excluding hydrogens is 294 g/mol. The van der Waals surface area contributed by atoms with Crippen LogP contribution in [0.25, 0.3) is 0 Å². The molecule has 1 atom stereocenters. The summed E-state index contributed by atoms with van der Waals surface area (Å²) in [7, 11) is -0.457. The number of phenolic OH excluding ortho intramolecular Hbond substituents is 1. The quantitative estimate of drug-likeness (QED) is 0.614. The summed E-state index contributed by atoms with van der Waals surface area (Å²) in [6.45, 7) is 0.0165. The molecule has 4 N–H and O–H groups in total. The lowest BCUT2D eigenvalue weighted by Crippen LogP contribution is -2.44. The van der Waals surface area contributed by atoms with E-state index in [2.05, 4.69) is 5.32 Å². The van der Waals surface area contributed by atoms with Crippen molar-refractivity contribution in [3.63, 3.8) is 0 Å². The van der Waals surface area contributed by atoms with Crippen molar-refractivity contribution in [1.29, 1.82) is 0 Å². The van der Waals surface area contributed by atoms with Gasteiger partial charge >= 0.3 is 0 Å². The molecule has 0 bridgehead atoms. The maximum Gasteiger partial charge on any atom is 0.237 e. The van der Waals surface area contributed by atoms with Crippen molar-refractivity contribution in [3.05, 3.63) is 29.8 Å². The highest BCUT2D eigenvalue weighted by Crippen LogP contribution is 2.10. The maximum atomic E-state index is 11.8. The van der Waals surface area contributed by atoms with Crippen molar-refractivity contribution in [3.8, 4) is 5.75 Å². The Hall–Kier alpha value is -1.64. The number of nitrogens with zero attached hydrogens (tertiary/aromatic N) is 1. The van der Waals surface area contributed by atoms with Gasteiger partial charge < -0.3 is 16.2 Å². The van der Waals surface area contributed by atoms with Crippen LogP contribution in [0.3, 0.4) is 0 Å². The minimum Gasteiger partial charge on any atom is -0.508 e. The second-order valence-electron chi connectivity index (χ2n) is 4.87. The highest BCUT2D eigenvalue weighted by molar-refractivity contribution is 7.89. The number of benzene rings is 1. The molecule has 1 aromatic carbocycles. The van der Waals surface area contributed by atoms with Gasteiger partial charge in [-0.3, -0.25) is 4.79 Å². The Morgan fingerprint density at radius 2 is 1.90 bits per heavy atom. The summed E-state index contributed by atoms with van der Waals surface area (Å²) < 4.78 is 24.2. The van der Waals surface area contributed by atoms with Gasteiger partial charge in [-0.2, -0.15) is 0 Å². The standard InChI is InChI=1S/C13H21N3O4S/c1-16(2)21(19,20)8-7-15-13(18)12(14)9-10-3-5-11(17)6-4-10/h3-6,12,17H,7-9,14H2,1-2H3,(H,15,18)/t12-/m1/s1. The van der Waals surface area contributed by atoms with Gasteiger partial charge in [0.1, 0.15) is 5.75 Å². The molecule has 1 aromatic rings. The van der Waals surface area contributed by atoms with Gasteiger partial charge in [-0.15, -0.1) is 0 Å². The zero-order valence-corrected chi connectivity index (χ0v) is 12.9. The third-order valence-corrected chi connectivity index (χ3v) is 4.78. The molecule has 0 radical (unpaired) electrons. The number of nitrogens with one attached hydrogen (secondary N) is 1. The van der Waals surface area contributed by atoms with Gasteiger partial charge in [0.15, 0.2) is 0 Å². The first-order valence-corrected chi connectivity index (χ1v) is 8.04. The van der Waals surface area contributed by atoms with Crippen LogP contribution >= 0.6 is 0 Å². The average Bonchev–Trinajstić information content (AvgIpc) is 2.40. The molecule has 0 aromatic heterocycles. The van der Waals surface area contributed by atoms with Crippen LogP contribution in [0.15, 0.2) is 24.3 Å². The number of phenols is 1. The molecule has 0 aliphatic carbocycles. The summed E-state index contributed by atoms with van der Waals surface area (Å²) >= 11 is 0. The van der Waals surface area contributed by atoms with E-state index in [0.717, 1.165) is 9.87 Å². The normalized spacial score (nSPS) is 13.1. The Kier molecular flexibility index (Phi) is 6.13. The summed E-state index contributed by atoms with van der Waals surface area (Å²) in [5, 5.41) is 11.7. The molecule has 0 heterocycles. The van der Waals surface area contributed by atoms with Crippen LogP contribution < -0.4 is 11.1 Å². The fraction of sp³-hybridized carbons (Fsp3) is 0.462. The maximum absolute atomic E-state index is 11.8. The molecule has 0 spiro atoms. The van der Waals surface area contributed by atoms with Crippen molar-refractivity contribution in [2.45, 2.75) is 12.5 Å². The third kappa shape index (κ3) is 5.70. The summed E-state index contributed by atoms with van der Waals surface area (Å²) in [5.41, 5.74) is 6.58. The number of sulfonamides is 1. The summed E-state index contributed by atoms with van der Waals surface area (Å²) in [6, 6.07) is 5.63. The lowest BCUT2D eigenvalue weighted by molar-refractivity contribution is -0.122. The first kappa shape index (κ1) is 17.4. The zero-order chi connectivity index (χ0) is 16.0. The number of hydrogen-bond acceptors (Lipinski definition) is 5. The van der Waals surface area contributed by atoms with Crippen LogP contribution in [-0.4, -0.2) is 56.2 Å². The van der Waals surface area contributed by atoms with Gasteiger partial charge in [0.05, 0.1) is 11.8 Å². The molecule has 21 heavy (non-hydrogen) atoms. The number of amides is 1. The van der Waals surface area contributed by atoms with Gasteiger partial charge in [-0.1, -0.05) is 12.1 Å². The predicted octanol–water partition coefficient (Wildman–Crippen LogP) is -0.730. The minimum absolute atomic E-state index is 0.0165. The third-order valence-electron chi connectivity index (χ3n) is 2.94. The van der Waals surface area contributed by atoms with Crippen LogP contribution in [-0.2, 0) is 21.2 Å². The van der Waals surface area contributed by atoms with Gasteiger partial charge in [0.25, 0.3) is 0 Å². The molecular formula is C13H21N3O4S. The molecule has 118 valence electrons. The molecule has 0 fully saturated rings.